The Bertz CT molecular complexity index is 758. The summed E-state index contributed by atoms with van der Waals surface area (Å²) in [5.41, 5.74) is 1.38. The highest BCUT2D eigenvalue weighted by atomic mass is 16.5. The third kappa shape index (κ3) is 2.23. The van der Waals surface area contributed by atoms with E-state index in [9.17, 15) is 4.79 Å². The first-order chi connectivity index (χ1) is 9.79. The highest BCUT2D eigenvalue weighted by Gasteiger charge is 2.11. The van der Waals surface area contributed by atoms with E-state index in [1.807, 2.05) is 0 Å². The first-order valence-corrected chi connectivity index (χ1v) is 6.28. The zero-order valence-electron chi connectivity index (χ0n) is 11.0. The van der Waals surface area contributed by atoms with Crippen molar-refractivity contribution in [1.82, 2.24) is 19.5 Å². The monoisotopic (exact) mass is 274 g/mol. The lowest BCUT2D eigenvalue weighted by Gasteiger charge is -2.02. The summed E-state index contributed by atoms with van der Waals surface area (Å²) in [4.78, 5) is 23.3. The van der Waals surface area contributed by atoms with Crippen LogP contribution in [0.25, 0.3) is 22.7 Å². The Morgan fingerprint density at radius 2 is 2.40 bits per heavy atom. The molecule has 104 valence electrons. The van der Waals surface area contributed by atoms with Crippen molar-refractivity contribution < 1.29 is 9.15 Å². The minimum absolute atomic E-state index is 0.215. The van der Waals surface area contributed by atoms with E-state index in [1.165, 1.54) is 0 Å². The Kier molecular flexibility index (Phi) is 3.34. The number of ether oxygens (including phenoxy) is 1. The number of nitrogens with zero attached hydrogens (tertiary/aromatic N) is 3. The Morgan fingerprint density at radius 3 is 3.15 bits per heavy atom. The zero-order valence-corrected chi connectivity index (χ0v) is 11.0. The second-order valence-corrected chi connectivity index (χ2v) is 4.33. The Balaban J connectivity index is 1.98. The van der Waals surface area contributed by atoms with Crippen LogP contribution in [0.4, 0.5) is 0 Å². The maximum absolute atomic E-state index is 11.9. The molecule has 0 aromatic carbocycles. The molecule has 0 atom stereocenters. The smallest absolute Gasteiger partial charge is 0.328 e. The van der Waals surface area contributed by atoms with E-state index in [1.54, 1.807) is 36.3 Å². The highest BCUT2D eigenvalue weighted by Crippen LogP contribution is 2.18. The molecule has 3 rings (SSSR count). The molecule has 3 aromatic rings. The number of hydrogen-bond donors (Lipinski definition) is 1. The average Bonchev–Trinajstić information content (AvgIpc) is 3.07. The Labute approximate surface area is 114 Å². The van der Waals surface area contributed by atoms with Crippen molar-refractivity contribution in [2.75, 3.05) is 13.7 Å². The SMILES string of the molecule is COCCCn1c(=O)[nH]c2nc(-c3ccco3)cnc21. The predicted octanol–water partition coefficient (Wildman–Crippen LogP) is 1.42. The van der Waals surface area contributed by atoms with Crippen molar-refractivity contribution in [3.8, 4) is 11.5 Å². The maximum atomic E-state index is 11.9. The van der Waals surface area contributed by atoms with Crippen LogP contribution in [0.3, 0.4) is 0 Å². The number of aromatic amines is 1. The molecule has 0 amide bonds. The minimum Gasteiger partial charge on any atom is -0.463 e. The number of imidazole rings is 1. The van der Waals surface area contributed by atoms with Gasteiger partial charge in [-0.05, 0) is 18.6 Å². The molecule has 0 unspecified atom stereocenters. The summed E-state index contributed by atoms with van der Waals surface area (Å²) in [5.74, 6) is 0.618. The number of hydrogen-bond acceptors (Lipinski definition) is 5. The number of nitrogens with one attached hydrogen (secondary N) is 1. The van der Waals surface area contributed by atoms with Crippen LogP contribution in [0.2, 0.25) is 0 Å². The number of rotatable bonds is 5. The molecule has 0 aliphatic carbocycles. The molecule has 0 fully saturated rings. The van der Waals surface area contributed by atoms with E-state index in [4.69, 9.17) is 9.15 Å². The summed E-state index contributed by atoms with van der Waals surface area (Å²) < 4.78 is 11.8. The Hall–Kier alpha value is -2.41. The topological polar surface area (TPSA) is 85.9 Å². The first-order valence-electron chi connectivity index (χ1n) is 6.28. The van der Waals surface area contributed by atoms with Crippen LogP contribution in [0.5, 0.6) is 0 Å². The van der Waals surface area contributed by atoms with Gasteiger partial charge in [-0.15, -0.1) is 0 Å². The van der Waals surface area contributed by atoms with Gasteiger partial charge in [-0.3, -0.25) is 9.55 Å². The lowest BCUT2D eigenvalue weighted by atomic mass is 10.3. The molecule has 3 aromatic heterocycles. The van der Waals surface area contributed by atoms with Crippen molar-refractivity contribution in [2.45, 2.75) is 13.0 Å². The lowest BCUT2D eigenvalue weighted by molar-refractivity contribution is 0.190. The van der Waals surface area contributed by atoms with Gasteiger partial charge >= 0.3 is 5.69 Å². The first kappa shape index (κ1) is 12.6. The minimum atomic E-state index is -0.215. The van der Waals surface area contributed by atoms with Crippen LogP contribution in [-0.2, 0) is 11.3 Å². The standard InChI is InChI=1S/C13H14N4O3/c1-19-6-3-5-17-12-11(16-13(17)18)15-9(8-14-12)10-4-2-7-20-10/h2,4,7-8H,3,5-6H2,1H3,(H,15,16,18). The predicted molar refractivity (Wildman–Crippen MR) is 72.3 cm³/mol. The van der Waals surface area contributed by atoms with Gasteiger partial charge in [0, 0.05) is 20.3 Å². The number of aromatic nitrogens is 4. The Morgan fingerprint density at radius 1 is 1.50 bits per heavy atom. The van der Waals surface area contributed by atoms with Gasteiger partial charge in [-0.1, -0.05) is 0 Å². The van der Waals surface area contributed by atoms with Crippen molar-refractivity contribution in [3.05, 3.63) is 35.1 Å². The van der Waals surface area contributed by atoms with E-state index < -0.39 is 0 Å². The van der Waals surface area contributed by atoms with Gasteiger partial charge in [0.05, 0.1) is 12.5 Å². The van der Waals surface area contributed by atoms with Crippen molar-refractivity contribution in [1.29, 1.82) is 0 Å². The van der Waals surface area contributed by atoms with Crippen LogP contribution in [0.1, 0.15) is 6.42 Å². The summed E-state index contributed by atoms with van der Waals surface area (Å²) in [5, 5.41) is 0. The van der Waals surface area contributed by atoms with Gasteiger partial charge in [0.1, 0.15) is 5.69 Å². The third-order valence-electron chi connectivity index (χ3n) is 2.98. The summed E-state index contributed by atoms with van der Waals surface area (Å²) >= 11 is 0. The summed E-state index contributed by atoms with van der Waals surface area (Å²) in [7, 11) is 1.63. The highest BCUT2D eigenvalue weighted by molar-refractivity contribution is 5.69. The second-order valence-electron chi connectivity index (χ2n) is 4.33. The molecule has 3 heterocycles. The largest absolute Gasteiger partial charge is 0.463 e. The summed E-state index contributed by atoms with van der Waals surface area (Å²) in [6.07, 6.45) is 3.91. The van der Waals surface area contributed by atoms with Crippen LogP contribution in [-0.4, -0.2) is 33.2 Å². The van der Waals surface area contributed by atoms with Crippen LogP contribution in [0, 0.1) is 0 Å². The van der Waals surface area contributed by atoms with E-state index in [-0.39, 0.29) is 5.69 Å². The normalized spacial score (nSPS) is 11.2. The molecule has 0 bridgehead atoms. The van der Waals surface area contributed by atoms with Gasteiger partial charge in [0.25, 0.3) is 0 Å². The molecule has 0 aliphatic heterocycles. The maximum Gasteiger partial charge on any atom is 0.328 e. The molecular formula is C13H14N4O3. The van der Waals surface area contributed by atoms with Gasteiger partial charge in [-0.2, -0.15) is 0 Å². The molecule has 0 saturated heterocycles. The third-order valence-corrected chi connectivity index (χ3v) is 2.98. The fourth-order valence-electron chi connectivity index (χ4n) is 2.05. The molecule has 1 N–H and O–H groups in total. The fourth-order valence-corrected chi connectivity index (χ4v) is 2.05. The second kappa shape index (κ2) is 5.30. The van der Waals surface area contributed by atoms with E-state index in [0.29, 0.717) is 35.9 Å². The molecule has 0 radical (unpaired) electrons. The number of furan rings is 1. The van der Waals surface area contributed by atoms with Gasteiger partial charge in [0.2, 0.25) is 0 Å². The average molecular weight is 274 g/mol. The molecule has 0 aliphatic rings. The zero-order chi connectivity index (χ0) is 13.9. The van der Waals surface area contributed by atoms with E-state index in [2.05, 4.69) is 15.0 Å². The van der Waals surface area contributed by atoms with Gasteiger partial charge < -0.3 is 9.15 Å². The van der Waals surface area contributed by atoms with Crippen molar-refractivity contribution in [3.63, 3.8) is 0 Å². The number of aryl methyl sites for hydroxylation is 1. The van der Waals surface area contributed by atoms with Gasteiger partial charge in [-0.25, -0.2) is 14.8 Å². The quantitative estimate of drug-likeness (QED) is 0.711. The molecule has 7 nitrogen and oxygen atoms in total. The van der Waals surface area contributed by atoms with Crippen LogP contribution in [0.15, 0.2) is 33.8 Å². The molecule has 7 heteroatoms. The van der Waals surface area contributed by atoms with Crippen LogP contribution < -0.4 is 5.69 Å². The fraction of sp³-hybridized carbons (Fsp3) is 0.308. The summed E-state index contributed by atoms with van der Waals surface area (Å²) in [6, 6.07) is 3.57. The molecule has 0 spiro atoms. The lowest BCUT2D eigenvalue weighted by Crippen LogP contribution is -2.17. The van der Waals surface area contributed by atoms with Crippen molar-refractivity contribution in [2.24, 2.45) is 0 Å². The summed E-state index contributed by atoms with van der Waals surface area (Å²) in [6.45, 7) is 1.14. The molecular weight excluding hydrogens is 260 g/mol. The molecule has 20 heavy (non-hydrogen) atoms. The number of methoxy groups -OCH3 is 1. The van der Waals surface area contributed by atoms with Gasteiger partial charge in [0.15, 0.2) is 17.1 Å². The number of fused-ring (bicyclic) bond motifs is 1. The molecule has 0 saturated carbocycles. The van der Waals surface area contributed by atoms with E-state index >= 15 is 0 Å². The van der Waals surface area contributed by atoms with E-state index in [0.717, 1.165) is 6.42 Å². The number of H-pyrrole nitrogens is 1. The van der Waals surface area contributed by atoms with Crippen LogP contribution >= 0.6 is 0 Å². The van der Waals surface area contributed by atoms with Crippen molar-refractivity contribution >= 4 is 11.3 Å².